The molecule has 0 spiro atoms. The Bertz CT molecular complexity index is 413. The highest BCUT2D eigenvalue weighted by Gasteiger charge is 2.20. The van der Waals surface area contributed by atoms with E-state index in [-0.39, 0.29) is 16.2 Å². The summed E-state index contributed by atoms with van der Waals surface area (Å²) in [6.07, 6.45) is 3.66. The topological polar surface area (TPSA) is 111 Å². The zero-order valence-electron chi connectivity index (χ0n) is 9.67. The summed E-state index contributed by atoms with van der Waals surface area (Å²) in [6.45, 7) is 0.0626. The second-order valence-corrected chi connectivity index (χ2v) is 4.84. The smallest absolute Gasteiger partial charge is 0.237 e. The summed E-state index contributed by atoms with van der Waals surface area (Å²) in [4.78, 5) is 26.8. The van der Waals surface area contributed by atoms with Crippen LogP contribution in [0.5, 0.6) is 0 Å². The Morgan fingerprint density at radius 1 is 1.50 bits per heavy atom. The van der Waals surface area contributed by atoms with Crippen molar-refractivity contribution in [1.82, 2.24) is 10.3 Å². The third-order valence-corrected chi connectivity index (χ3v) is 3.09. The number of aromatic nitrogens is 1. The van der Waals surface area contributed by atoms with Gasteiger partial charge < -0.3 is 16.8 Å². The van der Waals surface area contributed by atoms with Gasteiger partial charge >= 0.3 is 0 Å². The molecule has 1 rings (SSSR count). The summed E-state index contributed by atoms with van der Waals surface area (Å²) in [5.41, 5.74) is 12.0. The Hall–Kier alpha value is -1.06. The van der Waals surface area contributed by atoms with Crippen molar-refractivity contribution in [3.8, 4) is 0 Å². The minimum absolute atomic E-state index is 0.0626. The molecule has 1 aromatic rings. The van der Waals surface area contributed by atoms with Crippen LogP contribution in [-0.2, 0) is 16.0 Å². The van der Waals surface area contributed by atoms with Crippen LogP contribution in [0.2, 0.25) is 0 Å². The van der Waals surface area contributed by atoms with E-state index < -0.39 is 12.1 Å². The van der Waals surface area contributed by atoms with E-state index in [9.17, 15) is 9.59 Å². The number of carbonyl (C=O) groups is 2. The van der Waals surface area contributed by atoms with E-state index in [4.69, 9.17) is 11.5 Å². The van der Waals surface area contributed by atoms with Crippen molar-refractivity contribution in [3.05, 3.63) is 30.1 Å². The van der Waals surface area contributed by atoms with E-state index >= 15 is 0 Å². The summed E-state index contributed by atoms with van der Waals surface area (Å²) in [5, 5.41) is 2.52. The summed E-state index contributed by atoms with van der Waals surface area (Å²) < 4.78 is -0.211. The van der Waals surface area contributed by atoms with E-state index in [1.165, 1.54) is 0 Å². The fraction of sp³-hybridized carbons (Fsp3) is 0.364. The first-order valence-electron chi connectivity index (χ1n) is 5.39. The molecule has 0 unspecified atom stereocenters. The van der Waals surface area contributed by atoms with Gasteiger partial charge in [-0.25, -0.2) is 0 Å². The van der Waals surface area contributed by atoms with Gasteiger partial charge in [-0.3, -0.25) is 14.6 Å². The fourth-order valence-corrected chi connectivity index (χ4v) is 1.76. The molecule has 1 amide bonds. The highest BCUT2D eigenvalue weighted by atomic mass is 127. The number of pyridine rings is 1. The number of nitrogens with one attached hydrogen (secondary N) is 1. The van der Waals surface area contributed by atoms with Crippen LogP contribution in [0.25, 0.3) is 0 Å². The average molecular weight is 362 g/mol. The number of halogens is 1. The van der Waals surface area contributed by atoms with Gasteiger partial charge in [0.1, 0.15) is 6.04 Å². The van der Waals surface area contributed by atoms with Crippen molar-refractivity contribution in [3.63, 3.8) is 0 Å². The van der Waals surface area contributed by atoms with Gasteiger partial charge in [-0.2, -0.15) is 0 Å². The van der Waals surface area contributed by atoms with Gasteiger partial charge in [-0.15, -0.1) is 0 Å². The highest BCUT2D eigenvalue weighted by Crippen LogP contribution is 2.01. The molecule has 2 atom stereocenters. The van der Waals surface area contributed by atoms with E-state index in [2.05, 4.69) is 10.3 Å². The molecule has 0 saturated carbocycles. The molecule has 0 aromatic carbocycles. The zero-order chi connectivity index (χ0) is 13.5. The van der Waals surface area contributed by atoms with Gasteiger partial charge in [0.2, 0.25) is 9.70 Å². The number of hydrogen-bond acceptors (Lipinski definition) is 5. The number of carbonyl (C=O) groups excluding carboxylic acids is 2. The Morgan fingerprint density at radius 3 is 2.72 bits per heavy atom. The maximum absolute atomic E-state index is 11.8. The molecule has 0 radical (unpaired) electrons. The third kappa shape index (κ3) is 4.67. The zero-order valence-corrected chi connectivity index (χ0v) is 11.8. The SMILES string of the molecule is NC[C@H](NC(=O)[C@@H](N)Cc1cccnc1)C(=O)I. The largest absolute Gasteiger partial charge is 0.343 e. The predicted octanol–water partition coefficient (Wildman–Crippen LogP) is -0.643. The Labute approximate surface area is 119 Å². The highest BCUT2D eigenvalue weighted by molar-refractivity contribution is 14.1. The van der Waals surface area contributed by atoms with Gasteiger partial charge in [-0.05, 0) is 18.1 Å². The molecule has 0 bridgehead atoms. The monoisotopic (exact) mass is 362 g/mol. The van der Waals surface area contributed by atoms with E-state index in [0.29, 0.717) is 6.42 Å². The third-order valence-electron chi connectivity index (χ3n) is 2.34. The molecule has 1 heterocycles. The van der Waals surface area contributed by atoms with Crippen LogP contribution in [0.15, 0.2) is 24.5 Å². The predicted molar refractivity (Wildman–Crippen MR) is 75.9 cm³/mol. The molecule has 7 heteroatoms. The van der Waals surface area contributed by atoms with Gasteiger partial charge in [0.25, 0.3) is 0 Å². The molecule has 1 aromatic heterocycles. The number of hydrogen-bond donors (Lipinski definition) is 3. The standard InChI is InChI=1S/C11H15IN4O2/c12-10(17)9(5-13)16-11(18)8(14)4-7-2-1-3-15-6-7/h1-3,6,8-9H,4-5,13-14H2,(H,16,18)/t8-,9-/m0/s1. The molecular weight excluding hydrogens is 347 g/mol. The number of amides is 1. The van der Waals surface area contributed by atoms with Crippen molar-refractivity contribution >= 4 is 32.3 Å². The van der Waals surface area contributed by atoms with Gasteiger partial charge in [-0.1, -0.05) is 6.07 Å². The minimum atomic E-state index is -0.723. The maximum atomic E-state index is 11.8. The molecule has 98 valence electrons. The molecule has 5 N–H and O–H groups in total. The van der Waals surface area contributed by atoms with Crippen LogP contribution >= 0.6 is 22.6 Å². The Kier molecular flexibility index (Phi) is 6.16. The van der Waals surface area contributed by atoms with Crippen LogP contribution in [0.1, 0.15) is 5.56 Å². The van der Waals surface area contributed by atoms with Crippen LogP contribution < -0.4 is 16.8 Å². The minimum Gasteiger partial charge on any atom is -0.343 e. The van der Waals surface area contributed by atoms with Crippen LogP contribution in [0.4, 0.5) is 0 Å². The Morgan fingerprint density at radius 2 is 2.22 bits per heavy atom. The summed E-state index contributed by atoms with van der Waals surface area (Å²) in [6, 6.07) is 2.21. The quantitative estimate of drug-likeness (QED) is 0.460. The van der Waals surface area contributed by atoms with Crippen molar-refractivity contribution in [2.45, 2.75) is 18.5 Å². The summed E-state index contributed by atoms with van der Waals surface area (Å²) >= 11 is 1.60. The van der Waals surface area contributed by atoms with E-state index in [0.717, 1.165) is 5.56 Å². The molecule has 0 fully saturated rings. The lowest BCUT2D eigenvalue weighted by Crippen LogP contribution is -2.50. The lowest BCUT2D eigenvalue weighted by atomic mass is 10.1. The van der Waals surface area contributed by atoms with Gasteiger partial charge in [0.05, 0.1) is 6.04 Å². The Balaban J connectivity index is 2.54. The van der Waals surface area contributed by atoms with Crippen LogP contribution in [-0.4, -0.2) is 33.3 Å². The fourth-order valence-electron chi connectivity index (χ4n) is 1.35. The number of nitrogens with two attached hydrogens (primary N) is 2. The lowest BCUT2D eigenvalue weighted by molar-refractivity contribution is -0.125. The normalized spacial score (nSPS) is 13.7. The second-order valence-electron chi connectivity index (χ2n) is 3.77. The van der Waals surface area contributed by atoms with Crippen molar-refractivity contribution in [2.24, 2.45) is 11.5 Å². The molecule has 0 aliphatic heterocycles. The first kappa shape index (κ1) is 15.0. The first-order chi connectivity index (χ1) is 8.54. The molecule has 0 saturated heterocycles. The molecule has 0 aliphatic carbocycles. The second kappa shape index (κ2) is 7.39. The van der Waals surface area contributed by atoms with Crippen LogP contribution in [0, 0.1) is 0 Å². The average Bonchev–Trinajstić information content (AvgIpc) is 2.36. The molecular formula is C11H15IN4O2. The summed E-state index contributed by atoms with van der Waals surface area (Å²) in [7, 11) is 0. The molecule has 0 aliphatic rings. The van der Waals surface area contributed by atoms with Crippen molar-refractivity contribution in [1.29, 1.82) is 0 Å². The lowest BCUT2D eigenvalue weighted by Gasteiger charge is -2.16. The number of rotatable bonds is 6. The van der Waals surface area contributed by atoms with E-state index in [1.54, 1.807) is 41.1 Å². The van der Waals surface area contributed by atoms with Gasteiger partial charge in [0, 0.05) is 41.5 Å². The molecule has 6 nitrogen and oxygen atoms in total. The number of nitrogens with zero attached hydrogens (tertiary/aromatic N) is 1. The summed E-state index contributed by atoms with van der Waals surface area (Å²) in [5.74, 6) is -0.390. The van der Waals surface area contributed by atoms with Crippen molar-refractivity contribution in [2.75, 3.05) is 6.54 Å². The maximum Gasteiger partial charge on any atom is 0.237 e. The van der Waals surface area contributed by atoms with Crippen molar-refractivity contribution < 1.29 is 9.59 Å². The molecule has 18 heavy (non-hydrogen) atoms. The first-order valence-corrected chi connectivity index (χ1v) is 6.46. The van der Waals surface area contributed by atoms with E-state index in [1.807, 2.05) is 6.07 Å². The van der Waals surface area contributed by atoms with Crippen LogP contribution in [0.3, 0.4) is 0 Å². The van der Waals surface area contributed by atoms with Gasteiger partial charge in [0.15, 0.2) is 0 Å².